The Morgan fingerprint density at radius 2 is 1.76 bits per heavy atom. The van der Waals surface area contributed by atoms with Gasteiger partial charge in [0, 0.05) is 47.6 Å². The molecule has 1 heterocycles. The quantitative estimate of drug-likeness (QED) is 0.300. The van der Waals surface area contributed by atoms with Gasteiger partial charge in [0.1, 0.15) is 5.82 Å². The van der Waals surface area contributed by atoms with Crippen LogP contribution in [0.3, 0.4) is 0 Å². The van der Waals surface area contributed by atoms with Gasteiger partial charge in [0.25, 0.3) is 0 Å². The molecule has 1 rings (SSSR count). The van der Waals surface area contributed by atoms with Crippen molar-refractivity contribution in [1.29, 1.82) is 10.8 Å². The molecule has 7 nitrogen and oxygen atoms in total. The second kappa shape index (κ2) is 12.3. The van der Waals surface area contributed by atoms with Crippen LogP contribution in [0.5, 0.6) is 0 Å². The summed E-state index contributed by atoms with van der Waals surface area (Å²) < 4.78 is 1.82. The van der Waals surface area contributed by atoms with Gasteiger partial charge in [-0.3, -0.25) is 4.79 Å². The van der Waals surface area contributed by atoms with Crippen LogP contribution in [0.25, 0.3) is 11.1 Å². The lowest BCUT2D eigenvalue weighted by molar-refractivity contribution is -0.114. The van der Waals surface area contributed by atoms with Crippen LogP contribution in [0, 0.1) is 10.8 Å². The molecule has 0 fully saturated rings. The Morgan fingerprint density at radius 3 is 2.17 bits per heavy atom. The summed E-state index contributed by atoms with van der Waals surface area (Å²) in [4.78, 5) is 15.7. The Hall–Kier alpha value is -3.22. The van der Waals surface area contributed by atoms with Crippen molar-refractivity contribution in [3.63, 3.8) is 0 Å². The number of unbranched alkanes of at least 4 members (excludes halogenated alkanes) is 1. The van der Waals surface area contributed by atoms with Gasteiger partial charge in [0.15, 0.2) is 0 Å². The van der Waals surface area contributed by atoms with Gasteiger partial charge in [-0.15, -0.1) is 0 Å². The summed E-state index contributed by atoms with van der Waals surface area (Å²) >= 11 is 0. The Balaban J connectivity index is 0.00000178. The van der Waals surface area contributed by atoms with E-state index in [1.165, 1.54) is 18.9 Å². The first-order chi connectivity index (χ1) is 13.5. The van der Waals surface area contributed by atoms with Crippen molar-refractivity contribution in [2.24, 2.45) is 18.5 Å². The van der Waals surface area contributed by atoms with E-state index in [-0.39, 0.29) is 11.3 Å². The van der Waals surface area contributed by atoms with Crippen molar-refractivity contribution < 1.29 is 4.79 Å². The van der Waals surface area contributed by atoms with Gasteiger partial charge in [0.2, 0.25) is 5.91 Å². The van der Waals surface area contributed by atoms with Crippen LogP contribution in [-0.2, 0) is 11.8 Å². The van der Waals surface area contributed by atoms with Gasteiger partial charge in [0.05, 0.1) is 5.69 Å². The average Bonchev–Trinajstić information content (AvgIpc) is 3.03. The van der Waals surface area contributed by atoms with E-state index in [0.717, 1.165) is 17.5 Å². The predicted octanol–water partition coefficient (Wildman–Crippen LogP) is 3.98. The minimum atomic E-state index is -0.674. The van der Waals surface area contributed by atoms with Gasteiger partial charge in [-0.25, -0.2) is 4.98 Å². The zero-order valence-electron chi connectivity index (χ0n) is 18.4. The molecule has 0 aromatic carbocycles. The minimum Gasteiger partial charge on any atom is -0.398 e. The summed E-state index contributed by atoms with van der Waals surface area (Å²) in [6, 6.07) is 0. The molecule has 0 radical (unpaired) electrons. The zero-order valence-corrected chi connectivity index (χ0v) is 18.4. The molecular weight excluding hydrogens is 364 g/mol. The van der Waals surface area contributed by atoms with Gasteiger partial charge in [-0.1, -0.05) is 33.3 Å². The van der Waals surface area contributed by atoms with Crippen LogP contribution in [-0.4, -0.2) is 27.4 Å². The number of nitrogens with one attached hydrogen (secondary N) is 2. The second-order valence-electron chi connectivity index (χ2n) is 6.74. The molecule has 0 aliphatic rings. The highest BCUT2D eigenvalue weighted by atomic mass is 16.1. The number of nitrogens with two attached hydrogens (primary N) is 2. The summed E-state index contributed by atoms with van der Waals surface area (Å²) in [6.45, 7) is 13.3. The Kier molecular flexibility index (Phi) is 10.9. The first-order valence-corrected chi connectivity index (χ1v) is 9.45. The molecule has 0 atom stereocenters. The highest BCUT2D eigenvalue weighted by Crippen LogP contribution is 2.22. The van der Waals surface area contributed by atoms with E-state index in [9.17, 15) is 4.79 Å². The molecule has 0 aliphatic carbocycles. The van der Waals surface area contributed by atoms with Crippen molar-refractivity contribution in [1.82, 2.24) is 9.55 Å². The molecule has 6 N–H and O–H groups in total. The number of rotatable bonds is 8. The van der Waals surface area contributed by atoms with E-state index in [0.29, 0.717) is 22.7 Å². The number of hydrogen-bond donors (Lipinski definition) is 4. The molecule has 7 heteroatoms. The van der Waals surface area contributed by atoms with Crippen molar-refractivity contribution in [2.75, 3.05) is 0 Å². The fraction of sp³-hybridized carbons (Fsp3) is 0.364. The van der Waals surface area contributed by atoms with Gasteiger partial charge in [-0.2, -0.15) is 0 Å². The Bertz CT molecular complexity index is 866. The topological polar surface area (TPSA) is 135 Å². The molecule has 158 valence electrons. The minimum absolute atomic E-state index is 0.0606. The number of amides is 1. The Labute approximate surface area is 173 Å². The number of aryl methyl sites for hydroxylation is 1. The van der Waals surface area contributed by atoms with Crippen LogP contribution in [0.2, 0.25) is 0 Å². The summed E-state index contributed by atoms with van der Waals surface area (Å²) in [5, 5.41) is 15.2. The number of imidazole rings is 1. The smallest absolute Gasteiger partial charge is 0.248 e. The van der Waals surface area contributed by atoms with E-state index in [1.54, 1.807) is 19.9 Å². The number of primary amides is 1. The number of hydrogen-bond acceptors (Lipinski definition) is 5. The van der Waals surface area contributed by atoms with E-state index in [4.69, 9.17) is 22.3 Å². The maximum absolute atomic E-state index is 11.1. The molecule has 29 heavy (non-hydrogen) atoms. The highest BCUT2D eigenvalue weighted by Gasteiger charge is 2.13. The molecular formula is C22H34N6O. The van der Waals surface area contributed by atoms with E-state index < -0.39 is 5.91 Å². The van der Waals surface area contributed by atoms with Crippen molar-refractivity contribution in [3.8, 4) is 0 Å². The van der Waals surface area contributed by atoms with Gasteiger partial charge in [-0.05, 0) is 38.5 Å². The van der Waals surface area contributed by atoms with Crippen LogP contribution >= 0.6 is 0 Å². The van der Waals surface area contributed by atoms with Crippen molar-refractivity contribution >= 4 is 29.0 Å². The predicted molar refractivity (Wildman–Crippen MR) is 123 cm³/mol. The number of allylic oxidation sites excluding steroid dienone is 4. The third-order valence-electron chi connectivity index (χ3n) is 4.05. The summed E-state index contributed by atoms with van der Waals surface area (Å²) in [7, 11) is 1.84. The van der Waals surface area contributed by atoms with Crippen LogP contribution in [0.15, 0.2) is 41.8 Å². The van der Waals surface area contributed by atoms with Crippen LogP contribution < -0.4 is 11.5 Å². The van der Waals surface area contributed by atoms with E-state index >= 15 is 0 Å². The lowest BCUT2D eigenvalue weighted by atomic mass is 10.0. The van der Waals surface area contributed by atoms with Gasteiger partial charge >= 0.3 is 0 Å². The van der Waals surface area contributed by atoms with E-state index in [1.807, 2.05) is 24.7 Å². The number of carbonyl (C=O) groups is 1. The lowest BCUT2D eigenvalue weighted by Gasteiger charge is -2.09. The first-order valence-electron chi connectivity index (χ1n) is 9.45. The fourth-order valence-electron chi connectivity index (χ4n) is 2.27. The second-order valence-corrected chi connectivity index (χ2v) is 6.74. The SMILES string of the molecule is C=C(/C=C(N)\C(C=N)=C(/C)c1nc(/C(C)=C/C(C)=N)cn1C)C(N)=O.CCCC. The average molecular weight is 399 g/mol. The largest absolute Gasteiger partial charge is 0.398 e. The number of carbonyl (C=O) groups excluding carboxylic acids is 1. The number of aromatic nitrogens is 2. The van der Waals surface area contributed by atoms with Crippen LogP contribution in [0.4, 0.5) is 0 Å². The molecule has 0 saturated heterocycles. The molecule has 0 aliphatic heterocycles. The molecule has 0 unspecified atom stereocenters. The van der Waals surface area contributed by atoms with Crippen LogP contribution in [0.1, 0.15) is 59.0 Å². The molecule has 0 spiro atoms. The molecule has 1 amide bonds. The summed E-state index contributed by atoms with van der Waals surface area (Å²) in [6.07, 6.45) is 8.67. The first kappa shape index (κ1) is 25.8. The highest BCUT2D eigenvalue weighted by molar-refractivity contribution is 5.98. The summed E-state index contributed by atoms with van der Waals surface area (Å²) in [5.41, 5.74) is 14.6. The maximum Gasteiger partial charge on any atom is 0.248 e. The monoisotopic (exact) mass is 398 g/mol. The third-order valence-corrected chi connectivity index (χ3v) is 4.05. The van der Waals surface area contributed by atoms with Crippen molar-refractivity contribution in [3.05, 3.63) is 53.3 Å². The third kappa shape index (κ3) is 8.13. The fourth-order valence-corrected chi connectivity index (χ4v) is 2.27. The maximum atomic E-state index is 11.1. The zero-order chi connectivity index (χ0) is 22.7. The van der Waals surface area contributed by atoms with E-state index in [2.05, 4.69) is 25.4 Å². The lowest BCUT2D eigenvalue weighted by Crippen LogP contribution is -2.14. The van der Waals surface area contributed by atoms with Crippen molar-refractivity contribution in [2.45, 2.75) is 47.5 Å². The Morgan fingerprint density at radius 1 is 1.21 bits per heavy atom. The molecule has 1 aromatic rings. The number of nitrogens with zero attached hydrogens (tertiary/aromatic N) is 2. The normalized spacial score (nSPS) is 12.5. The molecule has 0 saturated carbocycles. The molecule has 1 aromatic heterocycles. The standard InChI is InChI=1S/C18H24N6O.C4H10/c1-10(6-12(3)20)16-9-24(5)18(23-16)13(4)14(8-19)15(21)7-11(2)17(22)25;1-3-4-2/h6-9,19-20H,2,21H2,1,3-5H3,(H2,22,25);3-4H2,1-2H3/b10-6+,14-13+,15-7+,19-8?,20-12?;. The molecule has 0 bridgehead atoms. The summed E-state index contributed by atoms with van der Waals surface area (Å²) in [5.74, 6) is -0.0445. The van der Waals surface area contributed by atoms with Gasteiger partial charge < -0.3 is 26.9 Å².